The van der Waals surface area contributed by atoms with Gasteiger partial charge in [-0.1, -0.05) is 52.7 Å². The van der Waals surface area contributed by atoms with Gasteiger partial charge in [-0.05, 0) is 44.4 Å². The van der Waals surface area contributed by atoms with Crippen molar-refractivity contribution in [2.75, 3.05) is 6.54 Å². The van der Waals surface area contributed by atoms with Crippen molar-refractivity contribution in [1.29, 1.82) is 0 Å². The molecule has 0 radical (unpaired) electrons. The van der Waals surface area contributed by atoms with E-state index in [2.05, 4.69) is 15.1 Å². The summed E-state index contributed by atoms with van der Waals surface area (Å²) in [6.45, 7) is 4.49. The minimum Gasteiger partial charge on any atom is -0.443 e. The molecule has 2 aromatic carbocycles. The minimum absolute atomic E-state index is 0.212. The van der Waals surface area contributed by atoms with Crippen LogP contribution in [-0.2, 0) is 0 Å². The van der Waals surface area contributed by atoms with E-state index in [4.69, 9.17) is 20.5 Å². The van der Waals surface area contributed by atoms with Crippen LogP contribution in [-0.4, -0.2) is 32.5 Å². The summed E-state index contributed by atoms with van der Waals surface area (Å²) in [5.41, 5.74) is 3.87. The Hall–Kier alpha value is -3.45. The van der Waals surface area contributed by atoms with E-state index in [0.717, 1.165) is 35.1 Å². The summed E-state index contributed by atoms with van der Waals surface area (Å²) in [5, 5.41) is 4.79. The van der Waals surface area contributed by atoms with Crippen LogP contribution in [0.1, 0.15) is 46.4 Å². The lowest BCUT2D eigenvalue weighted by molar-refractivity contribution is 0.0705. The van der Waals surface area contributed by atoms with Crippen molar-refractivity contribution < 1.29 is 13.7 Å². The van der Waals surface area contributed by atoms with Crippen LogP contribution >= 0.6 is 11.6 Å². The van der Waals surface area contributed by atoms with Crippen LogP contribution in [0.15, 0.2) is 57.8 Å². The number of likely N-dealkylation sites (tertiary alicyclic amines) is 1. The van der Waals surface area contributed by atoms with Crippen molar-refractivity contribution in [3.8, 4) is 22.7 Å². The Labute approximate surface area is 190 Å². The zero-order valence-electron chi connectivity index (χ0n) is 17.7. The van der Waals surface area contributed by atoms with Crippen LogP contribution in [0.4, 0.5) is 0 Å². The van der Waals surface area contributed by atoms with Crippen LogP contribution in [0.25, 0.3) is 22.7 Å². The van der Waals surface area contributed by atoms with Gasteiger partial charge in [-0.25, -0.2) is 4.98 Å². The van der Waals surface area contributed by atoms with Crippen LogP contribution in [0, 0.1) is 13.8 Å². The maximum absolute atomic E-state index is 13.4. The van der Waals surface area contributed by atoms with Crippen molar-refractivity contribution in [2.24, 2.45) is 0 Å². The first-order chi connectivity index (χ1) is 15.5. The molecule has 1 amide bonds. The number of hydrogen-bond donors (Lipinski definition) is 0. The Morgan fingerprint density at radius 1 is 1.19 bits per heavy atom. The highest BCUT2D eigenvalue weighted by Gasteiger charge is 2.37. The molecule has 3 heterocycles. The molecule has 32 heavy (non-hydrogen) atoms. The number of rotatable bonds is 4. The second kappa shape index (κ2) is 8.24. The quantitative estimate of drug-likeness (QED) is 0.401. The van der Waals surface area contributed by atoms with Gasteiger partial charge in [0, 0.05) is 22.7 Å². The lowest BCUT2D eigenvalue weighted by Gasteiger charge is -2.21. The summed E-state index contributed by atoms with van der Waals surface area (Å²) in [5.74, 6) is 1.12. The van der Waals surface area contributed by atoms with E-state index in [1.54, 1.807) is 4.90 Å². The summed E-state index contributed by atoms with van der Waals surface area (Å²) in [4.78, 5) is 24.0. The Morgan fingerprint density at radius 3 is 2.88 bits per heavy atom. The topological polar surface area (TPSA) is 85.3 Å². The summed E-state index contributed by atoms with van der Waals surface area (Å²) in [6.07, 6.45) is 2.88. The number of amides is 1. The maximum atomic E-state index is 13.4. The predicted molar refractivity (Wildman–Crippen MR) is 119 cm³/mol. The molecular weight excluding hydrogens is 428 g/mol. The molecule has 0 N–H and O–H groups in total. The third kappa shape index (κ3) is 3.58. The van der Waals surface area contributed by atoms with Crippen LogP contribution in [0.3, 0.4) is 0 Å². The Balaban J connectivity index is 1.44. The average molecular weight is 449 g/mol. The van der Waals surface area contributed by atoms with Crippen molar-refractivity contribution in [1.82, 2.24) is 20.0 Å². The summed E-state index contributed by atoms with van der Waals surface area (Å²) < 4.78 is 11.2. The van der Waals surface area contributed by atoms with E-state index >= 15 is 0 Å². The lowest BCUT2D eigenvalue weighted by atomic mass is 10.1. The van der Waals surface area contributed by atoms with E-state index in [1.807, 2.05) is 56.3 Å². The number of aromatic nitrogens is 3. The molecule has 1 unspecified atom stereocenters. The Bertz CT molecular complexity index is 1300. The zero-order chi connectivity index (χ0) is 22.2. The Kier molecular flexibility index (Phi) is 5.27. The van der Waals surface area contributed by atoms with Crippen LogP contribution < -0.4 is 0 Å². The van der Waals surface area contributed by atoms with Crippen molar-refractivity contribution in [3.63, 3.8) is 0 Å². The molecule has 0 aliphatic carbocycles. The SMILES string of the molecule is Cc1cccc(-c2ocnc2C(=O)N2CCCC2c2nc(-c3cccc(Cl)c3C)no2)c1. The fourth-order valence-corrected chi connectivity index (χ4v) is 4.30. The third-order valence-corrected chi connectivity index (χ3v) is 6.21. The first kappa shape index (κ1) is 20.5. The van der Waals surface area contributed by atoms with Gasteiger partial charge < -0.3 is 13.8 Å². The number of aryl methyl sites for hydroxylation is 1. The van der Waals surface area contributed by atoms with Gasteiger partial charge in [0.2, 0.25) is 11.7 Å². The van der Waals surface area contributed by atoms with E-state index in [9.17, 15) is 4.79 Å². The van der Waals surface area contributed by atoms with Gasteiger partial charge in [-0.2, -0.15) is 4.98 Å². The number of nitrogens with zero attached hydrogens (tertiary/aromatic N) is 4. The molecule has 1 atom stereocenters. The molecule has 162 valence electrons. The highest BCUT2D eigenvalue weighted by Crippen LogP contribution is 2.35. The number of hydrogen-bond acceptors (Lipinski definition) is 6. The van der Waals surface area contributed by atoms with E-state index in [0.29, 0.717) is 29.0 Å². The predicted octanol–water partition coefficient (Wildman–Crippen LogP) is 5.64. The number of benzene rings is 2. The average Bonchev–Trinajstić information content (AvgIpc) is 3.55. The molecule has 0 spiro atoms. The molecule has 1 aliphatic heterocycles. The van der Waals surface area contributed by atoms with Crippen molar-refractivity contribution in [2.45, 2.75) is 32.7 Å². The summed E-state index contributed by atoms with van der Waals surface area (Å²) in [6, 6.07) is 13.1. The second-order valence-electron chi connectivity index (χ2n) is 7.92. The molecule has 1 saturated heterocycles. The zero-order valence-corrected chi connectivity index (χ0v) is 18.5. The van der Waals surface area contributed by atoms with Gasteiger partial charge in [0.1, 0.15) is 6.04 Å². The lowest BCUT2D eigenvalue weighted by Crippen LogP contribution is -2.31. The van der Waals surface area contributed by atoms with Crippen LogP contribution in [0.2, 0.25) is 5.02 Å². The summed E-state index contributed by atoms with van der Waals surface area (Å²) in [7, 11) is 0. The highest BCUT2D eigenvalue weighted by molar-refractivity contribution is 6.31. The standard InChI is InChI=1S/C24H21ClN4O3/c1-14-6-3-7-16(12-14)21-20(26-13-31-21)24(30)29-11-5-10-19(29)23-27-22(28-32-23)17-8-4-9-18(25)15(17)2/h3-4,6-9,12-13,19H,5,10-11H2,1-2H3. The van der Waals surface area contributed by atoms with Gasteiger partial charge >= 0.3 is 0 Å². The second-order valence-corrected chi connectivity index (χ2v) is 8.33. The fourth-order valence-electron chi connectivity index (χ4n) is 4.12. The van der Waals surface area contributed by atoms with Gasteiger partial charge in [-0.15, -0.1) is 0 Å². The fraction of sp³-hybridized carbons (Fsp3) is 0.250. The molecule has 1 fully saturated rings. The van der Waals surface area contributed by atoms with Gasteiger partial charge in [-0.3, -0.25) is 4.79 Å². The first-order valence-corrected chi connectivity index (χ1v) is 10.8. The largest absolute Gasteiger partial charge is 0.443 e. The molecule has 5 rings (SSSR count). The van der Waals surface area contributed by atoms with E-state index in [-0.39, 0.29) is 17.6 Å². The molecule has 0 bridgehead atoms. The third-order valence-electron chi connectivity index (χ3n) is 5.80. The van der Waals surface area contributed by atoms with E-state index in [1.165, 1.54) is 6.39 Å². The highest BCUT2D eigenvalue weighted by atomic mass is 35.5. The van der Waals surface area contributed by atoms with Gasteiger partial charge in [0.05, 0.1) is 0 Å². The Morgan fingerprint density at radius 2 is 2.03 bits per heavy atom. The molecule has 0 saturated carbocycles. The van der Waals surface area contributed by atoms with Crippen molar-refractivity contribution in [3.05, 3.63) is 76.6 Å². The number of carbonyl (C=O) groups excluding carboxylic acids is 1. The van der Waals surface area contributed by atoms with E-state index < -0.39 is 0 Å². The summed E-state index contributed by atoms with van der Waals surface area (Å²) >= 11 is 6.24. The van der Waals surface area contributed by atoms with Gasteiger partial charge in [0.15, 0.2) is 17.8 Å². The molecule has 2 aromatic heterocycles. The minimum atomic E-state index is -0.315. The molecule has 4 aromatic rings. The first-order valence-electron chi connectivity index (χ1n) is 10.4. The maximum Gasteiger partial charge on any atom is 0.277 e. The smallest absolute Gasteiger partial charge is 0.277 e. The van der Waals surface area contributed by atoms with Gasteiger partial charge in [0.25, 0.3) is 5.91 Å². The number of oxazole rings is 1. The molecule has 8 heteroatoms. The number of halogens is 1. The monoisotopic (exact) mass is 448 g/mol. The number of carbonyl (C=O) groups is 1. The molecular formula is C24H21ClN4O3. The molecule has 7 nitrogen and oxygen atoms in total. The normalized spacial score (nSPS) is 16.0. The van der Waals surface area contributed by atoms with Crippen LogP contribution in [0.5, 0.6) is 0 Å². The molecule has 1 aliphatic rings. The van der Waals surface area contributed by atoms with Crippen molar-refractivity contribution >= 4 is 17.5 Å².